The van der Waals surface area contributed by atoms with Crippen LogP contribution in [0.5, 0.6) is 0 Å². The van der Waals surface area contributed by atoms with E-state index in [0.29, 0.717) is 12.3 Å². The molecule has 0 spiro atoms. The van der Waals surface area contributed by atoms with Crippen LogP contribution in [0.3, 0.4) is 0 Å². The molecule has 62 valence electrons. The topological polar surface area (TPSA) is 26.3 Å². The molecular weight excluding hydrogens is 159 g/mol. The third-order valence-electron chi connectivity index (χ3n) is 1.27. The molecule has 11 heavy (non-hydrogen) atoms. The van der Waals surface area contributed by atoms with Crippen molar-refractivity contribution in [3.8, 4) is 12.3 Å². The highest BCUT2D eigenvalue weighted by Crippen LogP contribution is 2.45. The zero-order valence-corrected chi connectivity index (χ0v) is 7.64. The minimum absolute atomic E-state index is 0.124. The summed E-state index contributed by atoms with van der Waals surface area (Å²) in [4.78, 5) is 0. The number of hydrogen-bond acceptors (Lipinski definition) is 2. The van der Waals surface area contributed by atoms with Crippen molar-refractivity contribution in [2.75, 3.05) is 18.9 Å². The van der Waals surface area contributed by atoms with Crippen molar-refractivity contribution in [3.63, 3.8) is 0 Å². The Morgan fingerprint density at radius 3 is 2.82 bits per heavy atom. The highest BCUT2D eigenvalue weighted by molar-refractivity contribution is 7.59. The van der Waals surface area contributed by atoms with Gasteiger partial charge >= 0.3 is 0 Å². The van der Waals surface area contributed by atoms with E-state index in [1.807, 2.05) is 6.92 Å². The van der Waals surface area contributed by atoms with E-state index in [0.717, 1.165) is 0 Å². The maximum absolute atomic E-state index is 11.6. The molecule has 0 aromatic carbocycles. The second kappa shape index (κ2) is 5.18. The van der Waals surface area contributed by atoms with Crippen LogP contribution in [-0.2, 0) is 9.09 Å². The number of allylic oxidation sites excluding steroid dienone is 1. The number of hydrogen-bond donors (Lipinski definition) is 0. The van der Waals surface area contributed by atoms with Crippen LogP contribution < -0.4 is 0 Å². The summed E-state index contributed by atoms with van der Waals surface area (Å²) >= 11 is 0. The summed E-state index contributed by atoms with van der Waals surface area (Å²) < 4.78 is 16.6. The molecule has 0 amide bonds. The van der Waals surface area contributed by atoms with Gasteiger partial charge in [0, 0.05) is 12.3 Å². The zero-order chi connectivity index (χ0) is 8.74. The fraction of sp³-hybridized carbons (Fsp3) is 0.500. The molecule has 0 saturated heterocycles. The molecule has 0 rings (SSSR count). The fourth-order valence-electron chi connectivity index (χ4n) is 0.625. The lowest BCUT2D eigenvalue weighted by molar-refractivity contribution is 0.361. The highest BCUT2D eigenvalue weighted by atomic mass is 31.2. The van der Waals surface area contributed by atoms with Crippen molar-refractivity contribution in [3.05, 3.63) is 12.7 Å². The largest absolute Gasteiger partial charge is 0.315 e. The second-order valence-electron chi connectivity index (χ2n) is 2.08. The van der Waals surface area contributed by atoms with Crippen LogP contribution in [0.1, 0.15) is 6.92 Å². The van der Waals surface area contributed by atoms with E-state index in [2.05, 4.69) is 12.5 Å². The standard InChI is InChI=1S/C8H13O2P/c1-4-7-10-11(9,6-3)8-5-2/h1,5H,2,6-8H2,3H3. The Labute approximate surface area is 68.1 Å². The smallest absolute Gasteiger partial charge is 0.207 e. The van der Waals surface area contributed by atoms with Gasteiger partial charge in [-0.25, -0.2) is 0 Å². The van der Waals surface area contributed by atoms with Crippen molar-refractivity contribution in [1.29, 1.82) is 0 Å². The van der Waals surface area contributed by atoms with Gasteiger partial charge in [-0.3, -0.25) is 4.57 Å². The summed E-state index contributed by atoms with van der Waals surface area (Å²) in [6.07, 6.45) is 7.49. The lowest BCUT2D eigenvalue weighted by atomic mass is 10.8. The molecule has 0 radical (unpaired) electrons. The zero-order valence-electron chi connectivity index (χ0n) is 6.75. The monoisotopic (exact) mass is 172 g/mol. The van der Waals surface area contributed by atoms with E-state index in [4.69, 9.17) is 10.9 Å². The lowest BCUT2D eigenvalue weighted by Gasteiger charge is -2.12. The predicted octanol–water partition coefficient (Wildman–Crippen LogP) is 2.12. The van der Waals surface area contributed by atoms with Gasteiger partial charge in [0.15, 0.2) is 0 Å². The van der Waals surface area contributed by atoms with E-state index >= 15 is 0 Å². The van der Waals surface area contributed by atoms with Crippen molar-refractivity contribution < 1.29 is 9.09 Å². The molecule has 0 fully saturated rings. The predicted molar refractivity (Wildman–Crippen MR) is 48.0 cm³/mol. The Hall–Kier alpha value is -0.510. The van der Waals surface area contributed by atoms with Gasteiger partial charge in [0.25, 0.3) is 0 Å². The number of rotatable bonds is 5. The van der Waals surface area contributed by atoms with Crippen LogP contribution in [0.2, 0.25) is 0 Å². The molecule has 0 aromatic heterocycles. The second-order valence-corrected chi connectivity index (χ2v) is 4.96. The molecular formula is C8H13O2P. The summed E-state index contributed by atoms with van der Waals surface area (Å²) in [6.45, 7) is 5.44. The van der Waals surface area contributed by atoms with E-state index in [1.54, 1.807) is 6.08 Å². The summed E-state index contributed by atoms with van der Waals surface area (Å²) in [5.74, 6) is 2.29. The maximum Gasteiger partial charge on any atom is 0.207 e. The Morgan fingerprint density at radius 1 is 1.82 bits per heavy atom. The van der Waals surface area contributed by atoms with Gasteiger partial charge in [0.05, 0.1) is 0 Å². The minimum atomic E-state index is -2.48. The molecule has 0 aliphatic rings. The van der Waals surface area contributed by atoms with Crippen molar-refractivity contribution in [2.45, 2.75) is 6.92 Å². The van der Waals surface area contributed by atoms with Crippen molar-refractivity contribution >= 4 is 7.37 Å². The molecule has 0 bridgehead atoms. The molecule has 3 heteroatoms. The van der Waals surface area contributed by atoms with Gasteiger partial charge in [0.2, 0.25) is 7.37 Å². The molecule has 0 heterocycles. The molecule has 0 aliphatic heterocycles. The number of terminal acetylenes is 1. The SMILES string of the molecule is C#CCOP(=O)(CC)CC=C. The Kier molecular flexibility index (Phi) is 4.94. The molecule has 1 unspecified atom stereocenters. The highest BCUT2D eigenvalue weighted by Gasteiger charge is 2.17. The van der Waals surface area contributed by atoms with Crippen LogP contribution >= 0.6 is 7.37 Å². The summed E-state index contributed by atoms with van der Waals surface area (Å²) in [7, 11) is -2.48. The van der Waals surface area contributed by atoms with Crippen LogP contribution in [0.25, 0.3) is 0 Å². The third kappa shape index (κ3) is 4.03. The average molecular weight is 172 g/mol. The maximum atomic E-state index is 11.6. The normalized spacial score (nSPS) is 14.9. The lowest BCUT2D eigenvalue weighted by Crippen LogP contribution is -1.96. The van der Waals surface area contributed by atoms with Gasteiger partial charge in [-0.1, -0.05) is 18.9 Å². The van der Waals surface area contributed by atoms with Gasteiger partial charge < -0.3 is 4.52 Å². The van der Waals surface area contributed by atoms with Crippen molar-refractivity contribution in [2.24, 2.45) is 0 Å². The summed E-state index contributed by atoms with van der Waals surface area (Å²) in [6, 6.07) is 0. The van der Waals surface area contributed by atoms with Crippen LogP contribution in [0, 0.1) is 12.3 Å². The van der Waals surface area contributed by atoms with E-state index in [9.17, 15) is 4.57 Å². The average Bonchev–Trinajstić information content (AvgIpc) is 2.02. The summed E-state index contributed by atoms with van der Waals surface area (Å²) in [5, 5.41) is 0. The van der Waals surface area contributed by atoms with Gasteiger partial charge in [-0.2, -0.15) is 0 Å². The van der Waals surface area contributed by atoms with Crippen LogP contribution in [-0.4, -0.2) is 18.9 Å². The van der Waals surface area contributed by atoms with E-state index < -0.39 is 7.37 Å². The Bertz CT molecular complexity index is 203. The fourth-order valence-corrected chi connectivity index (χ4v) is 1.87. The van der Waals surface area contributed by atoms with Gasteiger partial charge in [-0.05, 0) is 0 Å². The molecule has 0 saturated carbocycles. The first kappa shape index (κ1) is 10.5. The molecule has 0 N–H and O–H groups in total. The first-order chi connectivity index (χ1) is 5.18. The van der Waals surface area contributed by atoms with Gasteiger partial charge in [-0.15, -0.1) is 13.0 Å². The van der Waals surface area contributed by atoms with E-state index in [1.165, 1.54) is 0 Å². The molecule has 2 nitrogen and oxygen atoms in total. The third-order valence-corrected chi connectivity index (χ3v) is 3.65. The minimum Gasteiger partial charge on any atom is -0.315 e. The summed E-state index contributed by atoms with van der Waals surface area (Å²) in [5.41, 5.74) is 0. The Morgan fingerprint density at radius 2 is 2.45 bits per heavy atom. The molecule has 0 aliphatic carbocycles. The first-order valence-corrected chi connectivity index (χ1v) is 5.45. The quantitative estimate of drug-likeness (QED) is 0.360. The van der Waals surface area contributed by atoms with E-state index in [-0.39, 0.29) is 6.61 Å². The van der Waals surface area contributed by atoms with Crippen molar-refractivity contribution in [1.82, 2.24) is 0 Å². The molecule has 0 aromatic rings. The van der Waals surface area contributed by atoms with Crippen LogP contribution in [0.4, 0.5) is 0 Å². The first-order valence-electron chi connectivity index (χ1n) is 3.45. The Balaban J connectivity index is 4.01. The van der Waals surface area contributed by atoms with Crippen LogP contribution in [0.15, 0.2) is 12.7 Å². The molecule has 1 atom stereocenters. The van der Waals surface area contributed by atoms with Gasteiger partial charge in [0.1, 0.15) is 6.61 Å².